The molecule has 3 fully saturated rings. The van der Waals surface area contributed by atoms with Gasteiger partial charge in [0.2, 0.25) is 5.91 Å². The van der Waals surface area contributed by atoms with Crippen LogP contribution in [-0.4, -0.2) is 47.1 Å². The molecule has 106 valence electrons. The lowest BCUT2D eigenvalue weighted by Gasteiger charge is -2.24. The topological polar surface area (TPSA) is 69.6 Å². The molecule has 19 heavy (non-hydrogen) atoms. The minimum absolute atomic E-state index is 0.0244. The molecule has 3 aliphatic rings. The van der Waals surface area contributed by atoms with Gasteiger partial charge in [-0.1, -0.05) is 6.42 Å². The van der Waals surface area contributed by atoms with E-state index in [0.717, 1.165) is 38.8 Å². The molecule has 3 rings (SSSR count). The standard InChI is InChI=1S/C14H22N2O3/c17-13(9-3-1-4-10(9)14(18)19)15-11-6-8-16-7-2-5-12(11)16/h9-12H,1-8H2,(H,15,17)(H,18,19)/t9-,10+,11?,12?/m1/s1. The second-order valence-electron chi connectivity index (χ2n) is 6.13. The van der Waals surface area contributed by atoms with Gasteiger partial charge in [-0.05, 0) is 38.6 Å². The molecule has 1 amide bonds. The van der Waals surface area contributed by atoms with Gasteiger partial charge >= 0.3 is 5.97 Å². The van der Waals surface area contributed by atoms with Crippen LogP contribution in [0.2, 0.25) is 0 Å². The second-order valence-corrected chi connectivity index (χ2v) is 6.13. The fraction of sp³-hybridized carbons (Fsp3) is 0.857. The first-order valence-corrected chi connectivity index (χ1v) is 7.44. The molecule has 0 aromatic carbocycles. The van der Waals surface area contributed by atoms with E-state index in [1.807, 2.05) is 0 Å². The van der Waals surface area contributed by atoms with Crippen molar-refractivity contribution in [1.29, 1.82) is 0 Å². The number of hydrogen-bond donors (Lipinski definition) is 2. The number of carboxylic acid groups (broad SMARTS) is 1. The number of aliphatic carboxylic acids is 1. The van der Waals surface area contributed by atoms with Gasteiger partial charge in [-0.2, -0.15) is 0 Å². The van der Waals surface area contributed by atoms with Crippen LogP contribution in [0.5, 0.6) is 0 Å². The van der Waals surface area contributed by atoms with Gasteiger partial charge in [0.05, 0.1) is 11.8 Å². The molecular formula is C14H22N2O3. The number of hydrogen-bond acceptors (Lipinski definition) is 3. The molecule has 2 saturated heterocycles. The summed E-state index contributed by atoms with van der Waals surface area (Å²) in [5.74, 6) is -1.62. The van der Waals surface area contributed by atoms with Gasteiger partial charge in [0, 0.05) is 18.6 Å². The Labute approximate surface area is 113 Å². The molecule has 0 spiro atoms. The zero-order valence-electron chi connectivity index (χ0n) is 11.2. The van der Waals surface area contributed by atoms with Crippen LogP contribution in [0.1, 0.15) is 38.5 Å². The number of nitrogens with zero attached hydrogens (tertiary/aromatic N) is 1. The predicted octanol–water partition coefficient (Wildman–Crippen LogP) is 0.840. The maximum absolute atomic E-state index is 12.3. The van der Waals surface area contributed by atoms with Crippen LogP contribution in [0, 0.1) is 11.8 Å². The van der Waals surface area contributed by atoms with Crippen LogP contribution in [-0.2, 0) is 9.59 Å². The van der Waals surface area contributed by atoms with Crippen LogP contribution >= 0.6 is 0 Å². The Hall–Kier alpha value is -1.10. The molecule has 2 aliphatic heterocycles. The molecule has 2 unspecified atom stereocenters. The van der Waals surface area contributed by atoms with Gasteiger partial charge in [0.15, 0.2) is 0 Å². The summed E-state index contributed by atoms with van der Waals surface area (Å²) in [6.45, 7) is 2.22. The zero-order chi connectivity index (χ0) is 13.4. The second kappa shape index (κ2) is 5.12. The molecule has 2 N–H and O–H groups in total. The van der Waals surface area contributed by atoms with E-state index < -0.39 is 11.9 Å². The Morgan fingerprint density at radius 3 is 2.58 bits per heavy atom. The Kier molecular flexibility index (Phi) is 3.48. The normalized spacial score (nSPS) is 38.3. The summed E-state index contributed by atoms with van der Waals surface area (Å²) >= 11 is 0. The molecule has 0 aromatic rings. The van der Waals surface area contributed by atoms with Crippen LogP contribution in [0.15, 0.2) is 0 Å². The van der Waals surface area contributed by atoms with Gasteiger partial charge in [0.1, 0.15) is 0 Å². The van der Waals surface area contributed by atoms with Crippen molar-refractivity contribution in [1.82, 2.24) is 10.2 Å². The third kappa shape index (κ3) is 2.36. The molecule has 0 bridgehead atoms. The Morgan fingerprint density at radius 2 is 1.79 bits per heavy atom. The lowest BCUT2D eigenvalue weighted by atomic mass is 9.94. The fourth-order valence-corrected chi connectivity index (χ4v) is 4.11. The number of amides is 1. The van der Waals surface area contributed by atoms with Crippen molar-refractivity contribution in [3.05, 3.63) is 0 Å². The summed E-state index contributed by atoms with van der Waals surface area (Å²) in [4.78, 5) is 25.9. The molecule has 5 heteroatoms. The monoisotopic (exact) mass is 266 g/mol. The molecule has 1 aliphatic carbocycles. The number of carbonyl (C=O) groups excluding carboxylic acids is 1. The SMILES string of the molecule is O=C(O)[C@H]1CCC[C@H]1C(=O)NC1CCN2CCCC12. The Bertz CT molecular complexity index is 385. The molecule has 2 heterocycles. The maximum Gasteiger partial charge on any atom is 0.307 e. The van der Waals surface area contributed by atoms with Crippen molar-refractivity contribution in [3.63, 3.8) is 0 Å². The van der Waals surface area contributed by atoms with E-state index in [4.69, 9.17) is 5.11 Å². The van der Waals surface area contributed by atoms with E-state index in [1.165, 1.54) is 6.42 Å². The number of rotatable bonds is 3. The Morgan fingerprint density at radius 1 is 1.00 bits per heavy atom. The third-order valence-corrected chi connectivity index (χ3v) is 5.10. The summed E-state index contributed by atoms with van der Waals surface area (Å²) in [5.41, 5.74) is 0. The largest absolute Gasteiger partial charge is 0.481 e. The quantitative estimate of drug-likeness (QED) is 0.794. The third-order valence-electron chi connectivity index (χ3n) is 5.10. The number of fused-ring (bicyclic) bond motifs is 1. The van der Waals surface area contributed by atoms with Crippen molar-refractivity contribution in [2.24, 2.45) is 11.8 Å². The minimum Gasteiger partial charge on any atom is -0.481 e. The van der Waals surface area contributed by atoms with Crippen molar-refractivity contribution in [3.8, 4) is 0 Å². The van der Waals surface area contributed by atoms with Crippen LogP contribution in [0.25, 0.3) is 0 Å². The predicted molar refractivity (Wildman–Crippen MR) is 69.6 cm³/mol. The van der Waals surface area contributed by atoms with E-state index in [-0.39, 0.29) is 17.9 Å². The van der Waals surface area contributed by atoms with Crippen molar-refractivity contribution >= 4 is 11.9 Å². The van der Waals surface area contributed by atoms with Crippen LogP contribution in [0.3, 0.4) is 0 Å². The Balaban J connectivity index is 1.60. The first kappa shape index (κ1) is 12.9. The van der Waals surface area contributed by atoms with E-state index in [2.05, 4.69) is 10.2 Å². The number of carbonyl (C=O) groups is 2. The van der Waals surface area contributed by atoms with Crippen LogP contribution < -0.4 is 5.32 Å². The zero-order valence-corrected chi connectivity index (χ0v) is 11.2. The van der Waals surface area contributed by atoms with E-state index in [0.29, 0.717) is 12.5 Å². The highest BCUT2D eigenvalue weighted by Crippen LogP contribution is 2.33. The van der Waals surface area contributed by atoms with Gasteiger partial charge in [0.25, 0.3) is 0 Å². The molecular weight excluding hydrogens is 244 g/mol. The van der Waals surface area contributed by atoms with E-state index >= 15 is 0 Å². The van der Waals surface area contributed by atoms with Gasteiger partial charge in [-0.25, -0.2) is 0 Å². The summed E-state index contributed by atoms with van der Waals surface area (Å²) in [5, 5.41) is 12.3. The average molecular weight is 266 g/mol. The molecule has 5 nitrogen and oxygen atoms in total. The van der Waals surface area contributed by atoms with Crippen molar-refractivity contribution in [2.45, 2.75) is 50.6 Å². The van der Waals surface area contributed by atoms with E-state index in [9.17, 15) is 9.59 Å². The first-order chi connectivity index (χ1) is 9.16. The van der Waals surface area contributed by atoms with Crippen molar-refractivity contribution in [2.75, 3.05) is 13.1 Å². The maximum atomic E-state index is 12.3. The van der Waals surface area contributed by atoms with E-state index in [1.54, 1.807) is 0 Å². The molecule has 0 radical (unpaired) electrons. The van der Waals surface area contributed by atoms with Crippen molar-refractivity contribution < 1.29 is 14.7 Å². The summed E-state index contributed by atoms with van der Waals surface area (Å²) in [7, 11) is 0. The average Bonchev–Trinajstić information content (AvgIpc) is 3.04. The molecule has 1 saturated carbocycles. The fourth-order valence-electron chi connectivity index (χ4n) is 4.11. The lowest BCUT2D eigenvalue weighted by Crippen LogP contribution is -2.46. The number of carboxylic acids is 1. The van der Waals surface area contributed by atoms with Gasteiger partial charge in [-0.3, -0.25) is 14.5 Å². The summed E-state index contributed by atoms with van der Waals surface area (Å²) in [6.07, 6.45) is 5.63. The number of nitrogens with one attached hydrogen (secondary N) is 1. The lowest BCUT2D eigenvalue weighted by molar-refractivity contribution is -0.146. The highest BCUT2D eigenvalue weighted by atomic mass is 16.4. The van der Waals surface area contributed by atoms with Gasteiger partial charge < -0.3 is 10.4 Å². The summed E-state index contributed by atoms with van der Waals surface area (Å²) < 4.78 is 0. The van der Waals surface area contributed by atoms with Crippen LogP contribution in [0.4, 0.5) is 0 Å². The smallest absolute Gasteiger partial charge is 0.307 e. The minimum atomic E-state index is -0.813. The highest BCUT2D eigenvalue weighted by Gasteiger charge is 2.42. The van der Waals surface area contributed by atoms with Gasteiger partial charge in [-0.15, -0.1) is 0 Å². The highest BCUT2D eigenvalue weighted by molar-refractivity contribution is 5.85. The molecule has 0 aromatic heterocycles. The molecule has 4 atom stereocenters. The first-order valence-electron chi connectivity index (χ1n) is 7.44. The summed E-state index contributed by atoms with van der Waals surface area (Å²) in [6, 6.07) is 0.735.